The molecule has 0 aliphatic carbocycles. The maximum atomic E-state index is 8.66. The van der Waals surface area contributed by atoms with Crippen molar-refractivity contribution in [2.24, 2.45) is 10.7 Å². The molecule has 0 rings (SSSR count). The summed E-state index contributed by atoms with van der Waals surface area (Å²) in [4.78, 5) is 5.75. The van der Waals surface area contributed by atoms with E-state index in [9.17, 15) is 0 Å². The van der Waals surface area contributed by atoms with Gasteiger partial charge in [0, 0.05) is 11.8 Å². The number of hydrogen-bond donors (Lipinski definition) is 3. The smallest absolute Gasteiger partial charge is 0.203 e. The van der Waals surface area contributed by atoms with Crippen LogP contribution in [0.1, 0.15) is 6.92 Å². The van der Waals surface area contributed by atoms with Gasteiger partial charge in [0.15, 0.2) is 0 Å². The summed E-state index contributed by atoms with van der Waals surface area (Å²) in [6.45, 7) is 1.89. The second-order valence-corrected chi connectivity index (χ2v) is 1.86. The summed E-state index contributed by atoms with van der Waals surface area (Å²) in [6, 6.07) is 0. The minimum atomic E-state index is -0.478. The van der Waals surface area contributed by atoms with Crippen LogP contribution in [0.3, 0.4) is 0 Å². The lowest BCUT2D eigenvalue weighted by molar-refractivity contribution is 0.204. The Morgan fingerprint density at radius 2 is 2.56 bits per heavy atom. The monoisotopic (exact) mass is 151 g/mol. The molecule has 1 unspecified atom stereocenters. The van der Waals surface area contributed by atoms with E-state index in [1.54, 1.807) is 6.92 Å². The van der Waals surface area contributed by atoms with E-state index in [1.165, 1.54) is 0 Å². The molecule has 0 amide bonds. The van der Waals surface area contributed by atoms with Crippen molar-refractivity contribution in [1.29, 1.82) is 0 Å². The van der Waals surface area contributed by atoms with Gasteiger partial charge >= 0.3 is 0 Å². The van der Waals surface area contributed by atoms with Crippen molar-refractivity contribution in [3.63, 3.8) is 0 Å². The Hall–Kier alpha value is -0.480. The second-order valence-electron chi connectivity index (χ2n) is 1.67. The highest BCUT2D eigenvalue weighted by atomic mass is 35.5. The first-order valence-electron chi connectivity index (χ1n) is 2.51. The van der Waals surface area contributed by atoms with E-state index < -0.39 is 6.10 Å². The number of nitrogens with two attached hydrogens (primary N) is 1. The van der Waals surface area contributed by atoms with Crippen LogP contribution in [-0.2, 0) is 0 Å². The largest absolute Gasteiger partial charge is 0.391 e. The number of rotatable bonds is 2. The average Bonchev–Trinajstić information content (AvgIpc) is 1.83. The number of halogens is 1. The van der Waals surface area contributed by atoms with Crippen LogP contribution in [0.5, 0.6) is 0 Å². The quantitative estimate of drug-likeness (QED) is 0.281. The molecule has 0 aromatic rings. The molecule has 0 bridgehead atoms. The first-order chi connectivity index (χ1) is 4.16. The predicted molar refractivity (Wildman–Crippen MR) is 37.2 cm³/mol. The molecule has 9 heavy (non-hydrogen) atoms. The Bertz CT molecular complexity index is 104. The third-order valence-corrected chi connectivity index (χ3v) is 0.816. The van der Waals surface area contributed by atoms with Gasteiger partial charge < -0.3 is 10.8 Å². The van der Waals surface area contributed by atoms with Gasteiger partial charge in [0.25, 0.3) is 0 Å². The summed E-state index contributed by atoms with van der Waals surface area (Å²) in [5.41, 5.74) is 5.12. The lowest BCUT2D eigenvalue weighted by Gasteiger charge is -1.98. The van der Waals surface area contributed by atoms with Crippen molar-refractivity contribution in [1.82, 2.24) is 4.84 Å². The van der Waals surface area contributed by atoms with E-state index in [-0.39, 0.29) is 12.5 Å². The third kappa shape index (κ3) is 5.39. The molecule has 0 aliphatic heterocycles. The van der Waals surface area contributed by atoms with Crippen LogP contribution in [-0.4, -0.2) is 23.7 Å². The zero-order valence-corrected chi connectivity index (χ0v) is 5.89. The van der Waals surface area contributed by atoms with Crippen LogP contribution in [0.25, 0.3) is 0 Å². The fourth-order valence-electron chi connectivity index (χ4n) is 0.260. The fraction of sp³-hybridized carbons (Fsp3) is 0.750. The molecule has 5 heteroatoms. The molecule has 1 atom stereocenters. The van der Waals surface area contributed by atoms with Crippen molar-refractivity contribution in [3.8, 4) is 0 Å². The van der Waals surface area contributed by atoms with Gasteiger partial charge in [-0.2, -0.15) is 0 Å². The normalized spacial score (nSPS) is 15.2. The summed E-state index contributed by atoms with van der Waals surface area (Å²) in [5, 5.41) is 8.66. The van der Waals surface area contributed by atoms with Gasteiger partial charge in [0.05, 0.1) is 12.6 Å². The Morgan fingerprint density at radius 1 is 2.00 bits per heavy atom. The Labute approximate surface area is 58.8 Å². The molecule has 0 aromatic carbocycles. The number of nitrogens with zero attached hydrogens (tertiary/aromatic N) is 1. The third-order valence-electron chi connectivity index (χ3n) is 0.623. The molecule has 0 aromatic heterocycles. The van der Waals surface area contributed by atoms with Gasteiger partial charge in [-0.3, -0.25) is 4.84 Å². The summed E-state index contributed by atoms with van der Waals surface area (Å²) in [7, 11) is 0. The molecule has 0 radical (unpaired) electrons. The Morgan fingerprint density at radius 3 is 2.89 bits per heavy atom. The highest BCUT2D eigenvalue weighted by Crippen LogP contribution is 1.79. The van der Waals surface area contributed by atoms with Gasteiger partial charge in [-0.1, -0.05) is 0 Å². The van der Waals surface area contributed by atoms with Crippen molar-refractivity contribution in [2.45, 2.75) is 13.0 Å². The number of nitrogens with one attached hydrogen (secondary N) is 1. The van der Waals surface area contributed by atoms with Gasteiger partial charge in [0.2, 0.25) is 5.96 Å². The number of guanidine groups is 1. The molecule has 0 saturated carbocycles. The van der Waals surface area contributed by atoms with Crippen molar-refractivity contribution < 1.29 is 5.11 Å². The van der Waals surface area contributed by atoms with Crippen LogP contribution in [0.15, 0.2) is 4.99 Å². The van der Waals surface area contributed by atoms with Gasteiger partial charge in [0.1, 0.15) is 0 Å². The van der Waals surface area contributed by atoms with Gasteiger partial charge in [-0.25, -0.2) is 4.99 Å². The lowest BCUT2D eigenvalue weighted by Crippen LogP contribution is -2.25. The molecule has 0 saturated heterocycles. The van der Waals surface area contributed by atoms with E-state index in [4.69, 9.17) is 22.6 Å². The fourth-order valence-corrected chi connectivity index (χ4v) is 0.320. The Kier molecular flexibility index (Phi) is 4.17. The summed E-state index contributed by atoms with van der Waals surface area (Å²) in [5.74, 6) is 0.123. The molecule has 4 N–H and O–H groups in total. The minimum Gasteiger partial charge on any atom is -0.391 e. The molecule has 54 valence electrons. The molecule has 0 aliphatic rings. The molecule has 0 fully saturated rings. The van der Waals surface area contributed by atoms with Crippen molar-refractivity contribution >= 4 is 17.7 Å². The van der Waals surface area contributed by atoms with Crippen LogP contribution in [0.2, 0.25) is 0 Å². The van der Waals surface area contributed by atoms with Gasteiger partial charge in [-0.15, -0.1) is 0 Å². The molecule has 0 heterocycles. The van der Waals surface area contributed by atoms with Crippen LogP contribution in [0, 0.1) is 0 Å². The van der Waals surface area contributed by atoms with E-state index >= 15 is 0 Å². The summed E-state index contributed by atoms with van der Waals surface area (Å²) in [6.07, 6.45) is -0.478. The molecule has 0 spiro atoms. The van der Waals surface area contributed by atoms with E-state index in [1.807, 2.05) is 0 Å². The molecular formula is C4H10ClN3O. The number of aliphatic hydroxyl groups excluding tert-OH is 1. The number of aliphatic imine (C=N–C) groups is 1. The number of hydrogen-bond acceptors (Lipinski definition) is 2. The topological polar surface area (TPSA) is 70.6 Å². The summed E-state index contributed by atoms with van der Waals surface area (Å²) < 4.78 is 0. The molecule has 4 nitrogen and oxygen atoms in total. The van der Waals surface area contributed by atoms with Gasteiger partial charge in [-0.05, 0) is 6.92 Å². The summed E-state index contributed by atoms with van der Waals surface area (Å²) >= 11 is 5.05. The van der Waals surface area contributed by atoms with E-state index in [0.29, 0.717) is 0 Å². The van der Waals surface area contributed by atoms with Crippen LogP contribution >= 0.6 is 11.8 Å². The predicted octanol–water partition coefficient (Wildman–Crippen LogP) is -0.575. The highest BCUT2D eigenvalue weighted by Gasteiger charge is 1.91. The van der Waals surface area contributed by atoms with Crippen molar-refractivity contribution in [2.75, 3.05) is 6.54 Å². The maximum Gasteiger partial charge on any atom is 0.203 e. The lowest BCUT2D eigenvalue weighted by atomic mass is 10.4. The first kappa shape index (κ1) is 8.52. The van der Waals surface area contributed by atoms with Crippen molar-refractivity contribution in [3.05, 3.63) is 0 Å². The molecular weight excluding hydrogens is 142 g/mol. The standard InChI is InChI=1S/C4H10ClN3O/c1-3(9)2-7-4(6)8-5/h3,9H,2H2,1H3,(H3,6,7,8). The highest BCUT2D eigenvalue weighted by molar-refractivity contribution is 6.21. The SMILES string of the molecule is CC(O)CN=C(N)NCl. The first-order valence-corrected chi connectivity index (χ1v) is 2.89. The minimum absolute atomic E-state index is 0.123. The Balaban J connectivity index is 3.43. The van der Waals surface area contributed by atoms with Crippen LogP contribution < -0.4 is 10.6 Å². The average molecular weight is 152 g/mol. The number of aliphatic hydroxyl groups is 1. The van der Waals surface area contributed by atoms with E-state index in [2.05, 4.69) is 9.83 Å². The maximum absolute atomic E-state index is 8.66. The zero-order chi connectivity index (χ0) is 7.28. The van der Waals surface area contributed by atoms with Crippen LogP contribution in [0.4, 0.5) is 0 Å². The zero-order valence-electron chi connectivity index (χ0n) is 5.13. The van der Waals surface area contributed by atoms with E-state index in [0.717, 1.165) is 0 Å². The second kappa shape index (κ2) is 4.40.